The van der Waals surface area contributed by atoms with Crippen LogP contribution in [0.15, 0.2) is 47.4 Å². The lowest BCUT2D eigenvalue weighted by Crippen LogP contribution is -2.17. The van der Waals surface area contributed by atoms with Crippen LogP contribution in [0.1, 0.15) is 16.1 Å². The smallest absolute Gasteiger partial charge is 0.339 e. The molecule has 0 aliphatic carbocycles. The van der Waals surface area contributed by atoms with Crippen LogP contribution in [-0.4, -0.2) is 27.8 Å². The molecule has 0 spiro atoms. The Labute approximate surface area is 143 Å². The summed E-state index contributed by atoms with van der Waals surface area (Å²) in [6.45, 7) is 8.78. The van der Waals surface area contributed by atoms with Crippen molar-refractivity contribution in [3.8, 4) is 16.9 Å². The molecule has 3 aromatic rings. The highest BCUT2D eigenvalue weighted by molar-refractivity contribution is 5.88. The first-order valence-corrected chi connectivity index (χ1v) is 7.39. The summed E-state index contributed by atoms with van der Waals surface area (Å²) in [5, 5.41) is 2.98. The van der Waals surface area contributed by atoms with Crippen LogP contribution >= 0.6 is 0 Å². The average Bonchev–Trinajstić information content (AvgIpc) is 2.95. The number of benzene rings is 1. The molecule has 3 rings (SSSR count). The van der Waals surface area contributed by atoms with Gasteiger partial charge in [-0.15, -0.1) is 0 Å². The van der Waals surface area contributed by atoms with E-state index in [1.54, 1.807) is 43.3 Å². The minimum Gasteiger partial charge on any atom is -0.465 e. The summed E-state index contributed by atoms with van der Waals surface area (Å²) in [6, 6.07) is 9.92. The number of aromatic amines is 1. The molecule has 1 aromatic carbocycles. The number of ether oxygens (including phenoxy) is 1. The van der Waals surface area contributed by atoms with Gasteiger partial charge in [0.05, 0.1) is 24.8 Å². The van der Waals surface area contributed by atoms with Gasteiger partial charge in [-0.05, 0) is 24.6 Å². The van der Waals surface area contributed by atoms with Crippen molar-refractivity contribution in [2.45, 2.75) is 6.92 Å². The van der Waals surface area contributed by atoms with Gasteiger partial charge in [-0.2, -0.15) is 0 Å². The standard InChI is InChI=1S/C18H14N4O3/c1-11-16(12-4-7-14(19-2)8-5-12)17(23)22(21-11)15-9-6-13(10-20-15)18(24)25-3/h4-10,21H,1,3H3. The maximum atomic E-state index is 12.8. The third-order valence-corrected chi connectivity index (χ3v) is 3.75. The maximum absolute atomic E-state index is 12.8. The zero-order valence-corrected chi connectivity index (χ0v) is 13.6. The van der Waals surface area contributed by atoms with Crippen molar-refractivity contribution >= 4 is 11.7 Å². The molecule has 0 amide bonds. The highest BCUT2D eigenvalue weighted by Gasteiger charge is 2.15. The molecule has 0 bridgehead atoms. The summed E-state index contributed by atoms with van der Waals surface area (Å²) >= 11 is 0. The molecule has 25 heavy (non-hydrogen) atoms. The van der Waals surface area contributed by atoms with E-state index in [4.69, 9.17) is 6.57 Å². The third kappa shape index (κ3) is 2.93. The number of pyridine rings is 1. The summed E-state index contributed by atoms with van der Waals surface area (Å²) < 4.78 is 5.94. The van der Waals surface area contributed by atoms with Crippen LogP contribution in [0.3, 0.4) is 0 Å². The summed E-state index contributed by atoms with van der Waals surface area (Å²) in [6.07, 6.45) is 1.36. The Hall–Kier alpha value is -3.66. The van der Waals surface area contributed by atoms with Crippen LogP contribution in [0.25, 0.3) is 21.8 Å². The fourth-order valence-corrected chi connectivity index (χ4v) is 2.51. The summed E-state index contributed by atoms with van der Waals surface area (Å²) in [4.78, 5) is 31.7. The Bertz CT molecular complexity index is 1020. The van der Waals surface area contributed by atoms with Gasteiger partial charge < -0.3 is 4.74 Å². The van der Waals surface area contributed by atoms with E-state index >= 15 is 0 Å². The molecule has 0 radical (unpaired) electrons. The van der Waals surface area contributed by atoms with Gasteiger partial charge in [-0.25, -0.2) is 19.3 Å². The maximum Gasteiger partial charge on any atom is 0.339 e. The van der Waals surface area contributed by atoms with Gasteiger partial charge in [0.15, 0.2) is 11.5 Å². The van der Waals surface area contributed by atoms with E-state index in [9.17, 15) is 9.59 Å². The van der Waals surface area contributed by atoms with Crippen LogP contribution in [0.4, 0.5) is 5.69 Å². The molecule has 0 fully saturated rings. The van der Waals surface area contributed by atoms with Crippen molar-refractivity contribution in [1.29, 1.82) is 0 Å². The molecule has 1 N–H and O–H groups in total. The highest BCUT2D eigenvalue weighted by atomic mass is 16.5. The number of hydrogen-bond acceptors (Lipinski definition) is 4. The van der Waals surface area contributed by atoms with Gasteiger partial charge >= 0.3 is 5.97 Å². The zero-order valence-electron chi connectivity index (χ0n) is 13.6. The molecule has 7 heteroatoms. The number of aryl methyl sites for hydroxylation is 1. The normalized spacial score (nSPS) is 10.3. The Morgan fingerprint density at radius 2 is 1.96 bits per heavy atom. The van der Waals surface area contributed by atoms with E-state index in [-0.39, 0.29) is 5.56 Å². The lowest BCUT2D eigenvalue weighted by molar-refractivity contribution is 0.0600. The number of aromatic nitrogens is 3. The lowest BCUT2D eigenvalue weighted by atomic mass is 10.1. The number of rotatable bonds is 3. The van der Waals surface area contributed by atoms with Gasteiger partial charge in [0, 0.05) is 11.9 Å². The first-order chi connectivity index (χ1) is 12.0. The topological polar surface area (TPSA) is 81.3 Å². The minimum atomic E-state index is -0.491. The molecule has 0 saturated carbocycles. The van der Waals surface area contributed by atoms with Crippen LogP contribution < -0.4 is 5.56 Å². The molecule has 0 unspecified atom stereocenters. The second kappa shape index (κ2) is 6.45. The molecule has 0 aliphatic heterocycles. The molecule has 7 nitrogen and oxygen atoms in total. The van der Waals surface area contributed by atoms with E-state index in [1.165, 1.54) is 18.0 Å². The quantitative estimate of drug-likeness (QED) is 0.590. The number of hydrogen-bond donors (Lipinski definition) is 1. The van der Waals surface area contributed by atoms with Gasteiger partial charge in [0.1, 0.15) is 0 Å². The van der Waals surface area contributed by atoms with Crippen LogP contribution in [0.5, 0.6) is 0 Å². The van der Waals surface area contributed by atoms with Crippen LogP contribution in [0.2, 0.25) is 0 Å². The fraction of sp³-hybridized carbons (Fsp3) is 0.111. The molecule has 0 atom stereocenters. The van der Waals surface area contributed by atoms with Crippen molar-refractivity contribution < 1.29 is 9.53 Å². The first kappa shape index (κ1) is 16.2. The molecule has 2 aromatic heterocycles. The van der Waals surface area contributed by atoms with Crippen molar-refractivity contribution in [2.75, 3.05) is 7.11 Å². The molecular weight excluding hydrogens is 320 g/mol. The Balaban J connectivity index is 2.03. The van der Waals surface area contributed by atoms with E-state index in [0.717, 1.165) is 5.56 Å². The van der Waals surface area contributed by atoms with Gasteiger partial charge in [-0.1, -0.05) is 24.3 Å². The van der Waals surface area contributed by atoms with E-state index < -0.39 is 5.97 Å². The third-order valence-electron chi connectivity index (χ3n) is 3.75. The Morgan fingerprint density at radius 1 is 1.24 bits per heavy atom. The van der Waals surface area contributed by atoms with Gasteiger partial charge in [0.25, 0.3) is 5.56 Å². The Morgan fingerprint density at radius 3 is 2.52 bits per heavy atom. The van der Waals surface area contributed by atoms with Gasteiger partial charge in [0.2, 0.25) is 0 Å². The summed E-state index contributed by atoms with van der Waals surface area (Å²) in [5.41, 5.74) is 2.46. The minimum absolute atomic E-state index is 0.258. The van der Waals surface area contributed by atoms with Crippen molar-refractivity contribution in [1.82, 2.24) is 14.8 Å². The molecule has 124 valence electrons. The zero-order chi connectivity index (χ0) is 18.0. The number of nitrogens with one attached hydrogen (secondary N) is 1. The van der Waals surface area contributed by atoms with Gasteiger partial charge in [-0.3, -0.25) is 9.89 Å². The second-order valence-corrected chi connectivity index (χ2v) is 5.31. The number of carbonyl (C=O) groups is 1. The molecular formula is C18H14N4O3. The monoisotopic (exact) mass is 334 g/mol. The van der Waals surface area contributed by atoms with E-state index in [2.05, 4.69) is 19.7 Å². The Kier molecular flexibility index (Phi) is 4.18. The van der Waals surface area contributed by atoms with Crippen molar-refractivity contribution in [2.24, 2.45) is 0 Å². The number of H-pyrrole nitrogens is 1. The largest absolute Gasteiger partial charge is 0.465 e. The van der Waals surface area contributed by atoms with E-state index in [0.29, 0.717) is 28.3 Å². The summed E-state index contributed by atoms with van der Waals surface area (Å²) in [7, 11) is 1.29. The molecule has 0 aliphatic rings. The molecule has 0 saturated heterocycles. The fourth-order valence-electron chi connectivity index (χ4n) is 2.51. The predicted molar refractivity (Wildman–Crippen MR) is 92.0 cm³/mol. The van der Waals surface area contributed by atoms with Crippen molar-refractivity contribution in [3.63, 3.8) is 0 Å². The second-order valence-electron chi connectivity index (χ2n) is 5.31. The highest BCUT2D eigenvalue weighted by Crippen LogP contribution is 2.22. The number of nitrogens with zero attached hydrogens (tertiary/aromatic N) is 3. The van der Waals surface area contributed by atoms with Crippen LogP contribution in [-0.2, 0) is 4.74 Å². The number of esters is 1. The van der Waals surface area contributed by atoms with Crippen molar-refractivity contribution in [3.05, 3.63) is 75.6 Å². The average molecular weight is 334 g/mol. The van der Waals surface area contributed by atoms with E-state index in [1.807, 2.05) is 0 Å². The predicted octanol–water partition coefficient (Wildman–Crippen LogP) is 2.87. The molecule has 2 heterocycles. The first-order valence-electron chi connectivity index (χ1n) is 7.39. The lowest BCUT2D eigenvalue weighted by Gasteiger charge is -2.02. The summed E-state index contributed by atoms with van der Waals surface area (Å²) in [5.74, 6) is -0.126. The number of carbonyl (C=O) groups excluding carboxylic acids is 1. The SMILES string of the molecule is [C-]#[N+]c1ccc(-c2c(C)[nH]n(-c3ccc(C(=O)OC)cn3)c2=O)cc1. The van der Waals surface area contributed by atoms with Crippen LogP contribution in [0, 0.1) is 13.5 Å². The number of methoxy groups -OCH3 is 1.